The quantitative estimate of drug-likeness (QED) is 0.287. The molecular weight excluding hydrogens is 616 g/mol. The Morgan fingerprint density at radius 2 is 1.78 bits per heavy atom. The van der Waals surface area contributed by atoms with Crippen molar-refractivity contribution in [1.82, 2.24) is 19.4 Å². The molecule has 1 aliphatic rings. The Hall–Kier alpha value is -4.65. The van der Waals surface area contributed by atoms with Gasteiger partial charge < -0.3 is 14.9 Å². The minimum absolute atomic E-state index is 0.0161. The number of carbonyl (C=O) groups is 1. The van der Waals surface area contributed by atoms with Gasteiger partial charge in [-0.2, -0.15) is 4.98 Å². The first kappa shape index (κ1) is 32.7. The van der Waals surface area contributed by atoms with E-state index < -0.39 is 44.2 Å². The molecule has 2 aromatic carbocycles. The highest BCUT2D eigenvalue weighted by Gasteiger charge is 2.34. The van der Waals surface area contributed by atoms with Crippen LogP contribution >= 0.6 is 0 Å². The van der Waals surface area contributed by atoms with Crippen molar-refractivity contribution in [2.45, 2.75) is 57.1 Å². The molecule has 1 fully saturated rings. The SMILES string of the molecule is C=CC(=O)N1C[C@H](C)N(c2nc(=O)n(Cc3c(C(C)C)cccc3S(C)(=O)=O)c3nc(-c4c(O)cccc4F)c(F)cc23)C[C@H]1C. The summed E-state index contributed by atoms with van der Waals surface area (Å²) in [5.74, 6) is -2.72. The molecule has 0 radical (unpaired) electrons. The van der Waals surface area contributed by atoms with E-state index in [9.17, 15) is 23.1 Å². The van der Waals surface area contributed by atoms with Crippen molar-refractivity contribution in [1.29, 1.82) is 0 Å². The number of hydrogen-bond acceptors (Lipinski definition) is 8. The van der Waals surface area contributed by atoms with Gasteiger partial charge in [-0.05, 0) is 61.2 Å². The van der Waals surface area contributed by atoms with Crippen molar-refractivity contribution in [2.24, 2.45) is 0 Å². The van der Waals surface area contributed by atoms with Crippen molar-refractivity contribution in [3.63, 3.8) is 0 Å². The summed E-state index contributed by atoms with van der Waals surface area (Å²) >= 11 is 0. The molecule has 4 aromatic rings. The molecule has 0 unspecified atom stereocenters. The van der Waals surface area contributed by atoms with Gasteiger partial charge in [-0.15, -0.1) is 0 Å². The van der Waals surface area contributed by atoms with Gasteiger partial charge in [-0.3, -0.25) is 9.36 Å². The summed E-state index contributed by atoms with van der Waals surface area (Å²) in [6, 6.07) is 8.78. The van der Waals surface area contributed by atoms with E-state index in [-0.39, 0.29) is 65.3 Å². The molecule has 1 aliphatic heterocycles. The number of phenolic OH excluding ortho intramolecular Hbond substituents is 1. The maximum absolute atomic E-state index is 15.9. The average molecular weight is 652 g/mol. The second kappa shape index (κ2) is 12.3. The monoisotopic (exact) mass is 651 g/mol. The molecule has 0 aliphatic carbocycles. The number of pyridine rings is 1. The third-order valence-corrected chi connectivity index (χ3v) is 9.52. The van der Waals surface area contributed by atoms with Gasteiger partial charge in [-0.25, -0.2) is 27.0 Å². The van der Waals surface area contributed by atoms with Gasteiger partial charge in [0.05, 0.1) is 22.4 Å². The zero-order chi connectivity index (χ0) is 33.7. The van der Waals surface area contributed by atoms with Gasteiger partial charge in [0, 0.05) is 31.4 Å². The zero-order valence-corrected chi connectivity index (χ0v) is 27.0. The first-order valence-electron chi connectivity index (χ1n) is 14.7. The molecule has 0 bridgehead atoms. The molecular formula is C33H35F2N5O5S. The molecule has 0 saturated carbocycles. The van der Waals surface area contributed by atoms with Crippen LogP contribution in [0.15, 0.2) is 64.8 Å². The van der Waals surface area contributed by atoms with Gasteiger partial charge in [0.25, 0.3) is 0 Å². The third-order valence-electron chi connectivity index (χ3n) is 8.34. The summed E-state index contributed by atoms with van der Waals surface area (Å²) in [4.78, 5) is 38.7. The molecule has 5 rings (SSSR count). The molecule has 3 heterocycles. The number of amides is 1. The summed E-state index contributed by atoms with van der Waals surface area (Å²) in [7, 11) is -3.74. The van der Waals surface area contributed by atoms with E-state index in [4.69, 9.17) is 0 Å². The number of sulfone groups is 1. The third kappa shape index (κ3) is 5.86. The smallest absolute Gasteiger partial charge is 0.351 e. The number of aromatic hydroxyl groups is 1. The number of fused-ring (bicyclic) bond motifs is 1. The van der Waals surface area contributed by atoms with Gasteiger partial charge in [0.2, 0.25) is 5.91 Å². The maximum atomic E-state index is 15.9. The molecule has 2 aromatic heterocycles. The highest BCUT2D eigenvalue weighted by molar-refractivity contribution is 7.90. The van der Waals surface area contributed by atoms with E-state index in [1.54, 1.807) is 21.9 Å². The van der Waals surface area contributed by atoms with Gasteiger partial charge in [0.15, 0.2) is 15.7 Å². The minimum Gasteiger partial charge on any atom is -0.507 e. The topological polar surface area (TPSA) is 126 Å². The number of halogens is 2. The van der Waals surface area contributed by atoms with Crippen LogP contribution in [0.5, 0.6) is 5.75 Å². The molecule has 242 valence electrons. The van der Waals surface area contributed by atoms with Crippen LogP contribution in [-0.4, -0.2) is 70.3 Å². The molecule has 46 heavy (non-hydrogen) atoms. The molecule has 1 saturated heterocycles. The highest BCUT2D eigenvalue weighted by atomic mass is 32.2. The number of nitrogens with zero attached hydrogens (tertiary/aromatic N) is 5. The summed E-state index contributed by atoms with van der Waals surface area (Å²) in [5.41, 5.74) is -0.886. The fourth-order valence-electron chi connectivity index (χ4n) is 6.08. The number of aromatic nitrogens is 3. The lowest BCUT2D eigenvalue weighted by Gasteiger charge is -2.44. The summed E-state index contributed by atoms with van der Waals surface area (Å²) in [6.45, 7) is 11.2. The summed E-state index contributed by atoms with van der Waals surface area (Å²) in [5, 5.41) is 10.6. The molecule has 0 spiro atoms. The van der Waals surface area contributed by atoms with Crippen LogP contribution in [0, 0.1) is 11.6 Å². The van der Waals surface area contributed by atoms with Crippen molar-refractivity contribution >= 4 is 32.6 Å². The van der Waals surface area contributed by atoms with Crippen molar-refractivity contribution in [3.05, 3.63) is 88.4 Å². The molecule has 2 atom stereocenters. The Balaban J connectivity index is 1.81. The van der Waals surface area contributed by atoms with E-state index in [0.717, 1.165) is 23.0 Å². The van der Waals surface area contributed by atoms with Crippen LogP contribution in [0.2, 0.25) is 0 Å². The van der Waals surface area contributed by atoms with Gasteiger partial charge in [0.1, 0.15) is 28.7 Å². The number of anilines is 1. The van der Waals surface area contributed by atoms with Crippen molar-refractivity contribution < 1.29 is 27.1 Å². The van der Waals surface area contributed by atoms with Crippen LogP contribution in [0.4, 0.5) is 14.6 Å². The van der Waals surface area contributed by atoms with E-state index in [0.29, 0.717) is 11.1 Å². The van der Waals surface area contributed by atoms with E-state index >= 15 is 8.78 Å². The standard InChI is InChI=1S/C33H35F2N5O5S/c1-7-28(42)38-15-20(5)39(16-19(38)4)32-22-14-25(35)30(29-24(34)11-9-12-26(29)41)36-31(22)40(33(43)37-32)17-23-21(18(2)3)10-8-13-27(23)46(6,44)45/h7-14,18-20,41H,1,15-17H2,2-6H3/t19-,20+/m1/s1. The second-order valence-electron chi connectivity index (χ2n) is 11.9. The predicted octanol–water partition coefficient (Wildman–Crippen LogP) is 4.63. The molecule has 1 N–H and O–H groups in total. The maximum Gasteiger partial charge on any atom is 0.351 e. The van der Waals surface area contributed by atoms with Crippen molar-refractivity contribution in [2.75, 3.05) is 24.2 Å². The Labute approximate surface area is 265 Å². The van der Waals surface area contributed by atoms with Crippen LogP contribution in [0.3, 0.4) is 0 Å². The lowest BCUT2D eigenvalue weighted by molar-refractivity contribution is -0.128. The van der Waals surface area contributed by atoms with E-state index in [1.165, 1.54) is 24.3 Å². The first-order chi connectivity index (χ1) is 21.6. The number of piperazine rings is 1. The number of benzene rings is 2. The lowest BCUT2D eigenvalue weighted by Crippen LogP contribution is -2.58. The number of phenols is 1. The predicted molar refractivity (Wildman–Crippen MR) is 172 cm³/mol. The normalized spacial score (nSPS) is 17.1. The molecule has 13 heteroatoms. The first-order valence-corrected chi connectivity index (χ1v) is 16.6. The van der Waals surface area contributed by atoms with Crippen LogP contribution in [0.25, 0.3) is 22.3 Å². The number of carbonyl (C=O) groups excluding carboxylic acids is 1. The number of rotatable bonds is 7. The molecule has 1 amide bonds. The fraction of sp³-hybridized carbons (Fsp3) is 0.333. The summed E-state index contributed by atoms with van der Waals surface area (Å²) < 4.78 is 57.8. The Morgan fingerprint density at radius 1 is 1.09 bits per heavy atom. The molecule has 10 nitrogen and oxygen atoms in total. The van der Waals surface area contributed by atoms with Crippen LogP contribution in [0.1, 0.15) is 44.7 Å². The Bertz CT molecular complexity index is 2030. The largest absolute Gasteiger partial charge is 0.507 e. The average Bonchev–Trinajstić information content (AvgIpc) is 2.98. The highest BCUT2D eigenvalue weighted by Crippen LogP contribution is 2.36. The fourth-order valence-corrected chi connectivity index (χ4v) is 7.04. The second-order valence-corrected chi connectivity index (χ2v) is 13.9. The van der Waals surface area contributed by atoms with Gasteiger partial charge >= 0.3 is 5.69 Å². The van der Waals surface area contributed by atoms with Crippen LogP contribution < -0.4 is 10.6 Å². The van der Waals surface area contributed by atoms with Gasteiger partial charge in [-0.1, -0.05) is 38.6 Å². The van der Waals surface area contributed by atoms with Crippen LogP contribution in [-0.2, 0) is 21.2 Å². The minimum atomic E-state index is -3.74. The Morgan fingerprint density at radius 3 is 2.41 bits per heavy atom. The van der Waals surface area contributed by atoms with E-state index in [2.05, 4.69) is 16.5 Å². The Kier molecular flexibility index (Phi) is 8.73. The number of hydrogen-bond donors (Lipinski definition) is 1. The zero-order valence-electron chi connectivity index (χ0n) is 26.2. The summed E-state index contributed by atoms with van der Waals surface area (Å²) in [6.07, 6.45) is 2.30. The van der Waals surface area contributed by atoms with Crippen molar-refractivity contribution in [3.8, 4) is 17.0 Å². The van der Waals surface area contributed by atoms with E-state index in [1.807, 2.05) is 27.7 Å². The lowest BCUT2D eigenvalue weighted by atomic mass is 9.97.